The number of hydrogen-bond donors (Lipinski definition) is 1. The van der Waals surface area contributed by atoms with Crippen molar-refractivity contribution in [2.75, 3.05) is 5.73 Å². The van der Waals surface area contributed by atoms with Crippen LogP contribution in [0.3, 0.4) is 0 Å². The number of hydrogen-bond acceptors (Lipinski definition) is 3. The molecule has 3 aromatic rings. The molecule has 0 aliphatic heterocycles. The van der Waals surface area contributed by atoms with Crippen LogP contribution in [0, 0.1) is 0 Å². The third kappa shape index (κ3) is 1.24. The highest BCUT2D eigenvalue weighted by Crippen LogP contribution is 2.22. The van der Waals surface area contributed by atoms with E-state index in [1.165, 1.54) is 0 Å². The summed E-state index contributed by atoms with van der Waals surface area (Å²) in [7, 11) is 0. The molecule has 0 aliphatic carbocycles. The van der Waals surface area contributed by atoms with Gasteiger partial charge in [0.25, 0.3) is 0 Å². The van der Waals surface area contributed by atoms with E-state index in [1.54, 1.807) is 10.9 Å². The van der Waals surface area contributed by atoms with Gasteiger partial charge in [0.2, 0.25) is 0 Å². The van der Waals surface area contributed by atoms with Gasteiger partial charge in [0.1, 0.15) is 0 Å². The molecule has 2 N–H and O–H groups in total. The maximum atomic E-state index is 5.85. The quantitative estimate of drug-likeness (QED) is 0.668. The predicted molar refractivity (Wildman–Crippen MR) is 63.3 cm³/mol. The zero-order chi connectivity index (χ0) is 11.0. The molecular formula is C12H10N4. The van der Waals surface area contributed by atoms with E-state index in [0.717, 1.165) is 16.7 Å². The first-order chi connectivity index (χ1) is 7.86. The lowest BCUT2D eigenvalue weighted by Crippen LogP contribution is -1.99. The molecule has 0 saturated heterocycles. The van der Waals surface area contributed by atoms with Gasteiger partial charge >= 0.3 is 0 Å². The zero-order valence-electron chi connectivity index (χ0n) is 8.54. The number of nitrogens with two attached hydrogens (primary N) is 1. The van der Waals surface area contributed by atoms with Crippen LogP contribution in [0.4, 0.5) is 5.82 Å². The maximum absolute atomic E-state index is 5.85. The van der Waals surface area contributed by atoms with Crippen LogP contribution >= 0.6 is 0 Å². The fraction of sp³-hybridized carbons (Fsp3) is 0. The van der Waals surface area contributed by atoms with Crippen LogP contribution in [-0.2, 0) is 0 Å². The Morgan fingerprint density at radius 1 is 1.00 bits per heavy atom. The van der Waals surface area contributed by atoms with Crippen molar-refractivity contribution in [3.8, 4) is 5.82 Å². The molecule has 0 atom stereocenters. The summed E-state index contributed by atoms with van der Waals surface area (Å²) in [5, 5.41) is 5.24. The highest BCUT2D eigenvalue weighted by Gasteiger charge is 2.08. The molecule has 0 bridgehead atoms. The summed E-state index contributed by atoms with van der Waals surface area (Å²) in [6.07, 6.45) is 1.74. The highest BCUT2D eigenvalue weighted by atomic mass is 15.3. The van der Waals surface area contributed by atoms with Gasteiger partial charge in [-0.15, -0.1) is 5.10 Å². The molecule has 0 spiro atoms. The summed E-state index contributed by atoms with van der Waals surface area (Å²) in [5.74, 6) is 1.30. The SMILES string of the molecule is Nc1nn(-c2ccccn2)c2ccccc12. The van der Waals surface area contributed by atoms with Gasteiger partial charge in [-0.05, 0) is 24.3 Å². The van der Waals surface area contributed by atoms with Crippen LogP contribution in [-0.4, -0.2) is 14.8 Å². The van der Waals surface area contributed by atoms with Gasteiger partial charge in [-0.25, -0.2) is 9.67 Å². The third-order valence-corrected chi connectivity index (χ3v) is 2.48. The second-order valence-corrected chi connectivity index (χ2v) is 3.50. The standard InChI is InChI=1S/C12H10N4/c13-12-9-5-1-2-6-10(9)16(15-12)11-7-3-4-8-14-11/h1-8H,(H2,13,15). The first-order valence-electron chi connectivity index (χ1n) is 5.01. The molecule has 3 rings (SSSR count). The number of pyridine rings is 1. The van der Waals surface area contributed by atoms with Crippen molar-refractivity contribution >= 4 is 16.7 Å². The molecule has 2 aromatic heterocycles. The van der Waals surface area contributed by atoms with E-state index in [-0.39, 0.29) is 0 Å². The number of rotatable bonds is 1. The molecule has 0 radical (unpaired) electrons. The Bertz CT molecular complexity index is 628. The Morgan fingerprint density at radius 3 is 2.62 bits per heavy atom. The van der Waals surface area contributed by atoms with Crippen LogP contribution in [0.15, 0.2) is 48.7 Å². The minimum atomic E-state index is 0.529. The van der Waals surface area contributed by atoms with Gasteiger partial charge in [-0.3, -0.25) is 0 Å². The number of benzene rings is 1. The van der Waals surface area contributed by atoms with Crippen molar-refractivity contribution in [2.45, 2.75) is 0 Å². The lowest BCUT2D eigenvalue weighted by atomic mass is 10.2. The second kappa shape index (κ2) is 3.34. The largest absolute Gasteiger partial charge is 0.382 e. The van der Waals surface area contributed by atoms with Crippen LogP contribution < -0.4 is 5.73 Å². The van der Waals surface area contributed by atoms with Gasteiger partial charge < -0.3 is 5.73 Å². The van der Waals surface area contributed by atoms with Crippen molar-refractivity contribution in [3.63, 3.8) is 0 Å². The van der Waals surface area contributed by atoms with Crippen LogP contribution in [0.2, 0.25) is 0 Å². The Labute approximate surface area is 92.3 Å². The number of nitrogen functional groups attached to an aromatic ring is 1. The van der Waals surface area contributed by atoms with Crippen molar-refractivity contribution in [2.24, 2.45) is 0 Å². The Morgan fingerprint density at radius 2 is 1.81 bits per heavy atom. The summed E-state index contributed by atoms with van der Waals surface area (Å²) in [5.41, 5.74) is 6.83. The van der Waals surface area contributed by atoms with E-state index in [1.807, 2.05) is 42.5 Å². The lowest BCUT2D eigenvalue weighted by molar-refractivity contribution is 0.880. The molecule has 2 heterocycles. The molecule has 0 fully saturated rings. The van der Waals surface area contributed by atoms with E-state index < -0.39 is 0 Å². The number of para-hydroxylation sites is 1. The number of aromatic nitrogens is 3. The predicted octanol–water partition coefficient (Wildman–Crippen LogP) is 2.00. The summed E-state index contributed by atoms with van der Waals surface area (Å²) in [4.78, 5) is 4.26. The number of nitrogens with zero attached hydrogens (tertiary/aromatic N) is 3. The maximum Gasteiger partial charge on any atom is 0.154 e. The van der Waals surface area contributed by atoms with E-state index in [2.05, 4.69) is 10.1 Å². The molecule has 0 saturated carbocycles. The first-order valence-corrected chi connectivity index (χ1v) is 5.01. The lowest BCUT2D eigenvalue weighted by Gasteiger charge is -2.00. The van der Waals surface area contributed by atoms with Crippen molar-refractivity contribution < 1.29 is 0 Å². The normalized spacial score (nSPS) is 10.8. The fourth-order valence-corrected chi connectivity index (χ4v) is 1.74. The van der Waals surface area contributed by atoms with E-state index in [0.29, 0.717) is 5.82 Å². The first kappa shape index (κ1) is 8.91. The molecule has 16 heavy (non-hydrogen) atoms. The molecule has 0 amide bonds. The topological polar surface area (TPSA) is 56.7 Å². The molecule has 0 unspecified atom stereocenters. The molecule has 1 aromatic carbocycles. The molecular weight excluding hydrogens is 200 g/mol. The van der Waals surface area contributed by atoms with Crippen LogP contribution in [0.1, 0.15) is 0 Å². The Balaban J connectivity index is 2.33. The molecule has 0 aliphatic rings. The van der Waals surface area contributed by atoms with Crippen molar-refractivity contribution in [1.29, 1.82) is 0 Å². The summed E-state index contributed by atoms with van der Waals surface area (Å²) < 4.78 is 1.75. The van der Waals surface area contributed by atoms with Gasteiger partial charge in [0.05, 0.1) is 5.52 Å². The monoisotopic (exact) mass is 210 g/mol. The van der Waals surface area contributed by atoms with Gasteiger partial charge in [-0.1, -0.05) is 18.2 Å². The minimum absolute atomic E-state index is 0.529. The zero-order valence-corrected chi connectivity index (χ0v) is 8.54. The fourth-order valence-electron chi connectivity index (χ4n) is 1.74. The number of anilines is 1. The Hall–Kier alpha value is -2.36. The Kier molecular flexibility index (Phi) is 1.86. The van der Waals surface area contributed by atoms with Crippen molar-refractivity contribution in [1.82, 2.24) is 14.8 Å². The molecule has 4 heteroatoms. The smallest absolute Gasteiger partial charge is 0.154 e. The molecule has 4 nitrogen and oxygen atoms in total. The third-order valence-electron chi connectivity index (χ3n) is 2.48. The van der Waals surface area contributed by atoms with Crippen LogP contribution in [0.5, 0.6) is 0 Å². The highest BCUT2D eigenvalue weighted by molar-refractivity contribution is 5.89. The van der Waals surface area contributed by atoms with Gasteiger partial charge in [0.15, 0.2) is 11.6 Å². The van der Waals surface area contributed by atoms with Gasteiger partial charge in [0, 0.05) is 11.6 Å². The van der Waals surface area contributed by atoms with Crippen LogP contribution in [0.25, 0.3) is 16.7 Å². The minimum Gasteiger partial charge on any atom is -0.382 e. The van der Waals surface area contributed by atoms with E-state index in [4.69, 9.17) is 5.73 Å². The summed E-state index contributed by atoms with van der Waals surface area (Å²) in [6, 6.07) is 13.5. The summed E-state index contributed by atoms with van der Waals surface area (Å²) >= 11 is 0. The van der Waals surface area contributed by atoms with E-state index >= 15 is 0 Å². The average molecular weight is 210 g/mol. The van der Waals surface area contributed by atoms with Crippen molar-refractivity contribution in [3.05, 3.63) is 48.7 Å². The summed E-state index contributed by atoms with van der Waals surface area (Å²) in [6.45, 7) is 0. The average Bonchev–Trinajstić information content (AvgIpc) is 2.69. The molecule has 78 valence electrons. The van der Waals surface area contributed by atoms with Gasteiger partial charge in [-0.2, -0.15) is 0 Å². The number of fused-ring (bicyclic) bond motifs is 1. The second-order valence-electron chi connectivity index (χ2n) is 3.50. The van der Waals surface area contributed by atoms with E-state index in [9.17, 15) is 0 Å².